The first-order chi connectivity index (χ1) is 8.70. The van der Waals surface area contributed by atoms with Crippen molar-refractivity contribution in [1.82, 2.24) is 9.78 Å². The fourth-order valence-corrected chi connectivity index (χ4v) is 1.82. The lowest BCUT2D eigenvalue weighted by Gasteiger charge is -2.02. The van der Waals surface area contributed by atoms with Crippen molar-refractivity contribution in [3.8, 4) is 11.1 Å². The Morgan fingerprint density at radius 2 is 2.17 bits per heavy atom. The third kappa shape index (κ3) is 2.77. The Morgan fingerprint density at radius 3 is 2.89 bits per heavy atom. The number of hydrogen-bond acceptors (Lipinski definition) is 3. The molecule has 4 heteroatoms. The summed E-state index contributed by atoms with van der Waals surface area (Å²) in [6, 6.07) is 8.09. The van der Waals surface area contributed by atoms with E-state index in [0.717, 1.165) is 11.1 Å². The van der Waals surface area contributed by atoms with E-state index in [0.29, 0.717) is 6.61 Å². The second-order valence-corrected chi connectivity index (χ2v) is 4.05. The van der Waals surface area contributed by atoms with Crippen LogP contribution in [0.25, 0.3) is 11.1 Å². The lowest BCUT2D eigenvalue weighted by molar-refractivity contribution is -0.144. The third-order valence-corrected chi connectivity index (χ3v) is 2.69. The summed E-state index contributed by atoms with van der Waals surface area (Å²) < 4.78 is 6.48. The van der Waals surface area contributed by atoms with Crippen LogP contribution in [0.4, 0.5) is 0 Å². The Hall–Kier alpha value is -2.10. The molecule has 2 rings (SSSR count). The Kier molecular flexibility index (Phi) is 3.77. The number of rotatable bonds is 4. The lowest BCUT2D eigenvalue weighted by Crippen LogP contribution is -2.13. The van der Waals surface area contributed by atoms with Crippen LogP contribution in [0, 0.1) is 6.92 Å². The molecule has 0 bridgehead atoms. The van der Waals surface area contributed by atoms with Gasteiger partial charge in [0, 0.05) is 11.8 Å². The topological polar surface area (TPSA) is 44.1 Å². The first-order valence-electron chi connectivity index (χ1n) is 5.94. The van der Waals surface area contributed by atoms with Crippen LogP contribution in [0.2, 0.25) is 0 Å². The maximum Gasteiger partial charge on any atom is 0.327 e. The minimum Gasteiger partial charge on any atom is -0.465 e. The van der Waals surface area contributed by atoms with Gasteiger partial charge in [0.1, 0.15) is 6.54 Å². The molecule has 0 spiro atoms. The van der Waals surface area contributed by atoms with Crippen LogP contribution in [0.3, 0.4) is 0 Å². The Balaban J connectivity index is 2.16. The SMILES string of the molecule is CCOC(=O)Cn1cc(-c2ccccc2C)cn1. The van der Waals surface area contributed by atoms with Gasteiger partial charge in [-0.25, -0.2) is 0 Å². The molecular weight excluding hydrogens is 228 g/mol. The van der Waals surface area contributed by atoms with E-state index in [1.165, 1.54) is 5.56 Å². The first kappa shape index (κ1) is 12.4. The number of carbonyl (C=O) groups is 1. The maximum absolute atomic E-state index is 11.3. The van der Waals surface area contributed by atoms with Gasteiger partial charge in [-0.05, 0) is 25.0 Å². The van der Waals surface area contributed by atoms with E-state index in [1.54, 1.807) is 17.8 Å². The molecule has 94 valence electrons. The number of ether oxygens (including phenoxy) is 1. The molecule has 18 heavy (non-hydrogen) atoms. The number of hydrogen-bond donors (Lipinski definition) is 0. The number of nitrogens with zero attached hydrogens (tertiary/aromatic N) is 2. The Bertz CT molecular complexity index is 546. The van der Waals surface area contributed by atoms with Gasteiger partial charge in [0.25, 0.3) is 0 Å². The van der Waals surface area contributed by atoms with E-state index in [-0.39, 0.29) is 12.5 Å². The molecular formula is C14H16N2O2. The van der Waals surface area contributed by atoms with Gasteiger partial charge >= 0.3 is 5.97 Å². The van der Waals surface area contributed by atoms with Crippen LogP contribution in [0.1, 0.15) is 12.5 Å². The molecule has 1 aromatic carbocycles. The highest BCUT2D eigenvalue weighted by Crippen LogP contribution is 2.22. The summed E-state index contributed by atoms with van der Waals surface area (Å²) >= 11 is 0. The fourth-order valence-electron chi connectivity index (χ4n) is 1.82. The van der Waals surface area contributed by atoms with Gasteiger partial charge in [-0.1, -0.05) is 24.3 Å². The van der Waals surface area contributed by atoms with E-state index in [4.69, 9.17) is 4.74 Å². The van der Waals surface area contributed by atoms with Gasteiger partial charge in [0.05, 0.1) is 12.8 Å². The molecule has 0 aliphatic carbocycles. The van der Waals surface area contributed by atoms with E-state index in [9.17, 15) is 4.79 Å². The minimum atomic E-state index is -0.267. The van der Waals surface area contributed by atoms with Crippen molar-refractivity contribution < 1.29 is 9.53 Å². The molecule has 0 aliphatic rings. The average molecular weight is 244 g/mol. The smallest absolute Gasteiger partial charge is 0.327 e. The summed E-state index contributed by atoms with van der Waals surface area (Å²) in [7, 11) is 0. The molecule has 0 saturated carbocycles. The zero-order valence-electron chi connectivity index (χ0n) is 10.6. The molecule has 2 aromatic rings. The minimum absolute atomic E-state index is 0.153. The second-order valence-electron chi connectivity index (χ2n) is 4.05. The molecule has 0 fully saturated rings. The fraction of sp³-hybridized carbons (Fsp3) is 0.286. The third-order valence-electron chi connectivity index (χ3n) is 2.69. The van der Waals surface area contributed by atoms with Crippen molar-refractivity contribution in [2.75, 3.05) is 6.61 Å². The number of aryl methyl sites for hydroxylation is 1. The van der Waals surface area contributed by atoms with Gasteiger partial charge < -0.3 is 4.74 Å². The van der Waals surface area contributed by atoms with Gasteiger partial charge in [0.15, 0.2) is 0 Å². The predicted molar refractivity (Wildman–Crippen MR) is 69.0 cm³/mol. The summed E-state index contributed by atoms with van der Waals surface area (Å²) in [5.41, 5.74) is 3.33. The highest BCUT2D eigenvalue weighted by Gasteiger charge is 2.07. The summed E-state index contributed by atoms with van der Waals surface area (Å²) in [6.07, 6.45) is 3.63. The van der Waals surface area contributed by atoms with E-state index in [2.05, 4.69) is 18.1 Å². The normalized spacial score (nSPS) is 10.3. The molecule has 0 aliphatic heterocycles. The molecule has 0 radical (unpaired) electrons. The van der Waals surface area contributed by atoms with Crippen molar-refractivity contribution in [3.63, 3.8) is 0 Å². The predicted octanol–water partition coefficient (Wildman–Crippen LogP) is 2.42. The van der Waals surface area contributed by atoms with Gasteiger partial charge in [-0.15, -0.1) is 0 Å². The molecule has 0 unspecified atom stereocenters. The van der Waals surface area contributed by atoms with Gasteiger partial charge in [-0.3, -0.25) is 9.48 Å². The summed E-state index contributed by atoms with van der Waals surface area (Å²) in [6.45, 7) is 4.39. The quantitative estimate of drug-likeness (QED) is 0.776. The first-order valence-corrected chi connectivity index (χ1v) is 5.94. The van der Waals surface area contributed by atoms with Gasteiger partial charge in [0.2, 0.25) is 0 Å². The number of aromatic nitrogens is 2. The van der Waals surface area contributed by atoms with Crippen molar-refractivity contribution in [1.29, 1.82) is 0 Å². The molecule has 4 nitrogen and oxygen atoms in total. The zero-order valence-corrected chi connectivity index (χ0v) is 10.6. The molecule has 1 aromatic heterocycles. The van der Waals surface area contributed by atoms with Crippen molar-refractivity contribution in [2.45, 2.75) is 20.4 Å². The summed E-state index contributed by atoms with van der Waals surface area (Å²) in [5, 5.41) is 4.17. The van der Waals surface area contributed by atoms with E-state index in [1.807, 2.05) is 24.4 Å². The average Bonchev–Trinajstić information content (AvgIpc) is 2.78. The number of carbonyl (C=O) groups excluding carboxylic acids is 1. The molecule has 1 heterocycles. The highest BCUT2D eigenvalue weighted by atomic mass is 16.5. The maximum atomic E-state index is 11.3. The largest absolute Gasteiger partial charge is 0.465 e. The monoisotopic (exact) mass is 244 g/mol. The standard InChI is InChI=1S/C14H16N2O2/c1-3-18-14(17)10-16-9-12(8-15-16)13-7-5-4-6-11(13)2/h4-9H,3,10H2,1-2H3. The Morgan fingerprint density at radius 1 is 1.39 bits per heavy atom. The molecule has 0 saturated heterocycles. The van der Waals surface area contributed by atoms with Crippen LogP contribution in [0.15, 0.2) is 36.7 Å². The van der Waals surface area contributed by atoms with Crippen LogP contribution in [-0.4, -0.2) is 22.4 Å². The van der Waals surface area contributed by atoms with Crippen molar-refractivity contribution in [2.24, 2.45) is 0 Å². The molecule has 0 atom stereocenters. The lowest BCUT2D eigenvalue weighted by atomic mass is 10.0. The van der Waals surface area contributed by atoms with Crippen LogP contribution in [-0.2, 0) is 16.1 Å². The molecule has 0 N–H and O–H groups in total. The number of esters is 1. The van der Waals surface area contributed by atoms with Crippen LogP contribution >= 0.6 is 0 Å². The van der Waals surface area contributed by atoms with Crippen LogP contribution < -0.4 is 0 Å². The van der Waals surface area contributed by atoms with Crippen LogP contribution in [0.5, 0.6) is 0 Å². The van der Waals surface area contributed by atoms with E-state index >= 15 is 0 Å². The zero-order chi connectivity index (χ0) is 13.0. The second kappa shape index (κ2) is 5.49. The molecule has 0 amide bonds. The van der Waals surface area contributed by atoms with Crippen molar-refractivity contribution in [3.05, 3.63) is 42.2 Å². The van der Waals surface area contributed by atoms with Crippen molar-refractivity contribution >= 4 is 5.97 Å². The summed E-state index contributed by atoms with van der Waals surface area (Å²) in [5.74, 6) is -0.267. The summed E-state index contributed by atoms with van der Waals surface area (Å²) in [4.78, 5) is 11.3. The highest BCUT2D eigenvalue weighted by molar-refractivity contribution is 5.70. The van der Waals surface area contributed by atoms with E-state index < -0.39 is 0 Å². The van der Waals surface area contributed by atoms with Gasteiger partial charge in [-0.2, -0.15) is 5.10 Å². The number of benzene rings is 1. The Labute approximate surface area is 106 Å².